The molecule has 8 heteroatoms. The van der Waals surface area contributed by atoms with Gasteiger partial charge in [0.15, 0.2) is 18.1 Å². The molecule has 1 aromatic carbocycles. The molecule has 0 radical (unpaired) electrons. The highest BCUT2D eigenvalue weighted by Gasteiger charge is 2.27. The summed E-state index contributed by atoms with van der Waals surface area (Å²) in [6.07, 6.45) is 2.59. The van der Waals surface area contributed by atoms with Crippen LogP contribution in [-0.4, -0.2) is 37.7 Å². The van der Waals surface area contributed by atoms with E-state index in [1.165, 1.54) is 0 Å². The van der Waals surface area contributed by atoms with Crippen molar-refractivity contribution in [3.63, 3.8) is 0 Å². The molecule has 26 heavy (non-hydrogen) atoms. The third kappa shape index (κ3) is 5.65. The van der Waals surface area contributed by atoms with Crippen molar-refractivity contribution in [2.24, 2.45) is 5.92 Å². The van der Waals surface area contributed by atoms with Gasteiger partial charge in [0.2, 0.25) is 0 Å². The summed E-state index contributed by atoms with van der Waals surface area (Å²) in [6, 6.07) is 4.19. The molecule has 1 fully saturated rings. The Morgan fingerprint density at radius 1 is 1.08 bits per heavy atom. The Kier molecular flexibility index (Phi) is 7.25. The molecule has 0 unspecified atom stereocenters. The predicted octanol–water partition coefficient (Wildman–Crippen LogP) is 2.48. The van der Waals surface area contributed by atoms with E-state index in [2.05, 4.69) is 10.6 Å². The number of amides is 3. The van der Waals surface area contributed by atoms with Crippen LogP contribution in [0.1, 0.15) is 33.1 Å². The van der Waals surface area contributed by atoms with Crippen LogP contribution >= 0.6 is 0 Å². The smallest absolute Gasteiger partial charge is 0.325 e. The van der Waals surface area contributed by atoms with E-state index in [4.69, 9.17) is 14.2 Å². The van der Waals surface area contributed by atoms with E-state index >= 15 is 0 Å². The maximum absolute atomic E-state index is 11.9. The van der Waals surface area contributed by atoms with Crippen LogP contribution in [0.25, 0.3) is 0 Å². The van der Waals surface area contributed by atoms with Crippen molar-refractivity contribution in [3.05, 3.63) is 18.2 Å². The van der Waals surface area contributed by atoms with Gasteiger partial charge in [0, 0.05) is 11.8 Å². The zero-order chi connectivity index (χ0) is 18.9. The molecule has 8 nitrogen and oxygen atoms in total. The fourth-order valence-corrected chi connectivity index (χ4v) is 2.35. The van der Waals surface area contributed by atoms with Crippen molar-refractivity contribution in [2.75, 3.05) is 25.1 Å². The average Bonchev–Trinajstić information content (AvgIpc) is 2.54. The largest absolute Gasteiger partial charge is 0.490 e. The van der Waals surface area contributed by atoms with Gasteiger partial charge >= 0.3 is 12.0 Å². The van der Waals surface area contributed by atoms with E-state index < -0.39 is 18.5 Å². The SMILES string of the molecule is CCOc1ccc(NC(=O)NC(=O)COC(=O)C2CCC2)cc1OCC. The molecule has 0 spiro atoms. The summed E-state index contributed by atoms with van der Waals surface area (Å²) < 4.78 is 15.8. The van der Waals surface area contributed by atoms with Crippen LogP contribution in [0.5, 0.6) is 11.5 Å². The molecule has 0 aromatic heterocycles. The zero-order valence-electron chi connectivity index (χ0n) is 15.0. The first-order valence-corrected chi connectivity index (χ1v) is 8.70. The monoisotopic (exact) mass is 364 g/mol. The molecule has 1 aromatic rings. The van der Waals surface area contributed by atoms with Gasteiger partial charge < -0.3 is 19.5 Å². The molecule has 3 amide bonds. The van der Waals surface area contributed by atoms with Crippen molar-refractivity contribution < 1.29 is 28.6 Å². The van der Waals surface area contributed by atoms with Gasteiger partial charge in [0.1, 0.15) is 0 Å². The Hall–Kier alpha value is -2.77. The molecule has 0 aliphatic heterocycles. The van der Waals surface area contributed by atoms with Crippen LogP contribution in [0, 0.1) is 5.92 Å². The molecule has 0 bridgehead atoms. The van der Waals surface area contributed by atoms with E-state index in [1.54, 1.807) is 18.2 Å². The molecular weight excluding hydrogens is 340 g/mol. The van der Waals surface area contributed by atoms with Crippen molar-refractivity contribution in [2.45, 2.75) is 33.1 Å². The zero-order valence-corrected chi connectivity index (χ0v) is 15.0. The number of nitrogens with one attached hydrogen (secondary N) is 2. The van der Waals surface area contributed by atoms with Crippen molar-refractivity contribution >= 4 is 23.6 Å². The second-order valence-electron chi connectivity index (χ2n) is 5.77. The summed E-state index contributed by atoms with van der Waals surface area (Å²) in [6.45, 7) is 4.16. The number of hydrogen-bond acceptors (Lipinski definition) is 6. The maximum atomic E-state index is 11.9. The summed E-state index contributed by atoms with van der Waals surface area (Å²) in [5.41, 5.74) is 0.439. The van der Waals surface area contributed by atoms with E-state index in [0.29, 0.717) is 30.4 Å². The highest BCUT2D eigenvalue weighted by Crippen LogP contribution is 2.30. The molecule has 142 valence electrons. The molecule has 0 saturated heterocycles. The summed E-state index contributed by atoms with van der Waals surface area (Å²) in [4.78, 5) is 35.1. The molecule has 0 atom stereocenters. The predicted molar refractivity (Wildman–Crippen MR) is 94.2 cm³/mol. The minimum absolute atomic E-state index is 0.113. The molecule has 2 N–H and O–H groups in total. The minimum Gasteiger partial charge on any atom is -0.490 e. The van der Waals surface area contributed by atoms with E-state index in [-0.39, 0.29) is 11.9 Å². The normalized spacial score (nSPS) is 13.3. The average molecular weight is 364 g/mol. The fraction of sp³-hybridized carbons (Fsp3) is 0.500. The van der Waals surface area contributed by atoms with Gasteiger partial charge in [0.05, 0.1) is 19.1 Å². The fourth-order valence-electron chi connectivity index (χ4n) is 2.35. The van der Waals surface area contributed by atoms with Crippen molar-refractivity contribution in [1.29, 1.82) is 0 Å². The first kappa shape index (κ1) is 19.6. The molecular formula is C18H24N2O6. The lowest BCUT2D eigenvalue weighted by atomic mass is 9.86. The van der Waals surface area contributed by atoms with Gasteiger partial charge in [-0.2, -0.15) is 0 Å². The van der Waals surface area contributed by atoms with Crippen molar-refractivity contribution in [3.8, 4) is 11.5 Å². The Morgan fingerprint density at radius 2 is 1.77 bits per heavy atom. The van der Waals surface area contributed by atoms with E-state index in [9.17, 15) is 14.4 Å². The van der Waals surface area contributed by atoms with Crippen LogP contribution in [0.3, 0.4) is 0 Å². The number of rotatable bonds is 8. The quantitative estimate of drug-likeness (QED) is 0.687. The van der Waals surface area contributed by atoms with Gasteiger partial charge in [-0.15, -0.1) is 0 Å². The minimum atomic E-state index is -0.721. The Labute approximate surface area is 152 Å². The first-order valence-electron chi connectivity index (χ1n) is 8.70. The van der Waals surface area contributed by atoms with Gasteiger partial charge in [-0.05, 0) is 38.8 Å². The lowest BCUT2D eigenvalue weighted by Gasteiger charge is -2.22. The third-order valence-corrected chi connectivity index (χ3v) is 3.84. The number of ether oxygens (including phenoxy) is 3. The van der Waals surface area contributed by atoms with Crippen LogP contribution in [0.2, 0.25) is 0 Å². The lowest BCUT2D eigenvalue weighted by Crippen LogP contribution is -2.38. The van der Waals surface area contributed by atoms with Crippen LogP contribution < -0.4 is 20.1 Å². The Bertz CT molecular complexity index is 657. The van der Waals surface area contributed by atoms with Gasteiger partial charge in [0.25, 0.3) is 5.91 Å². The standard InChI is InChI=1S/C18H24N2O6/c1-3-24-14-9-8-13(10-15(14)25-4-2)19-18(23)20-16(21)11-26-17(22)12-6-5-7-12/h8-10,12H,3-7,11H2,1-2H3,(H2,19,20,21,23). The Balaban J connectivity index is 1.83. The summed E-state index contributed by atoms with van der Waals surface area (Å²) in [7, 11) is 0. The number of carbonyl (C=O) groups is 3. The van der Waals surface area contributed by atoms with Gasteiger partial charge in [-0.25, -0.2) is 4.79 Å². The van der Waals surface area contributed by atoms with Crippen molar-refractivity contribution in [1.82, 2.24) is 5.32 Å². The molecule has 1 aliphatic carbocycles. The molecule has 1 aliphatic rings. The van der Waals surface area contributed by atoms with Gasteiger partial charge in [-0.1, -0.05) is 6.42 Å². The number of benzene rings is 1. The summed E-state index contributed by atoms with van der Waals surface area (Å²) >= 11 is 0. The number of esters is 1. The number of anilines is 1. The highest BCUT2D eigenvalue weighted by atomic mass is 16.5. The van der Waals surface area contributed by atoms with E-state index in [1.807, 2.05) is 13.8 Å². The summed E-state index contributed by atoms with van der Waals surface area (Å²) in [5, 5.41) is 4.64. The third-order valence-electron chi connectivity index (χ3n) is 3.84. The van der Waals surface area contributed by atoms with E-state index in [0.717, 1.165) is 19.3 Å². The lowest BCUT2D eigenvalue weighted by molar-refractivity contribution is -0.154. The highest BCUT2D eigenvalue weighted by molar-refractivity contribution is 6.02. The van der Waals surface area contributed by atoms with Crippen LogP contribution in [0.4, 0.5) is 10.5 Å². The van der Waals surface area contributed by atoms with Crippen LogP contribution in [0.15, 0.2) is 18.2 Å². The number of carbonyl (C=O) groups excluding carboxylic acids is 3. The summed E-state index contributed by atoms with van der Waals surface area (Å²) in [5.74, 6) is -0.129. The number of hydrogen-bond donors (Lipinski definition) is 2. The Morgan fingerprint density at radius 3 is 2.38 bits per heavy atom. The number of urea groups is 1. The van der Waals surface area contributed by atoms with Gasteiger partial charge in [-0.3, -0.25) is 14.9 Å². The molecule has 0 heterocycles. The second-order valence-corrected chi connectivity index (χ2v) is 5.77. The number of imide groups is 1. The molecule has 2 rings (SSSR count). The van der Waals surface area contributed by atoms with Crippen LogP contribution in [-0.2, 0) is 14.3 Å². The second kappa shape index (κ2) is 9.65. The first-order chi connectivity index (χ1) is 12.5. The topological polar surface area (TPSA) is 103 Å². The molecule has 1 saturated carbocycles. The maximum Gasteiger partial charge on any atom is 0.325 e.